The summed E-state index contributed by atoms with van der Waals surface area (Å²) in [5.41, 5.74) is 0. The van der Waals surface area contributed by atoms with Gasteiger partial charge in [-0.2, -0.15) is 0 Å². The monoisotopic (exact) mass is 289 g/mol. The van der Waals surface area contributed by atoms with E-state index < -0.39 is 0 Å². The predicted molar refractivity (Wildman–Crippen MR) is 86.0 cm³/mol. The molecule has 2 fully saturated rings. The maximum absolute atomic E-state index is 5.80. The van der Waals surface area contributed by atoms with Gasteiger partial charge >= 0.3 is 0 Å². The molecule has 116 valence electrons. The summed E-state index contributed by atoms with van der Waals surface area (Å²) in [7, 11) is 0. The SMILES string of the molecule is CCCN(c1ncccc1OCC)C1CC2CCC(C1)N2. The van der Waals surface area contributed by atoms with Gasteiger partial charge in [0, 0.05) is 30.9 Å². The van der Waals surface area contributed by atoms with Crippen molar-refractivity contribution in [3.63, 3.8) is 0 Å². The topological polar surface area (TPSA) is 37.4 Å². The Morgan fingerprint density at radius 3 is 2.71 bits per heavy atom. The van der Waals surface area contributed by atoms with Gasteiger partial charge < -0.3 is 15.0 Å². The molecule has 4 heteroatoms. The molecule has 0 aromatic carbocycles. The van der Waals surface area contributed by atoms with Crippen LogP contribution >= 0.6 is 0 Å². The largest absolute Gasteiger partial charge is 0.490 e. The third-order valence-electron chi connectivity index (χ3n) is 4.68. The molecule has 2 aliphatic heterocycles. The Bertz CT molecular complexity index is 453. The van der Waals surface area contributed by atoms with Crippen LogP contribution in [-0.2, 0) is 0 Å². The highest BCUT2D eigenvalue weighted by Crippen LogP contribution is 2.35. The molecule has 3 heterocycles. The van der Waals surface area contributed by atoms with Crippen LogP contribution in [0.2, 0.25) is 0 Å². The molecule has 2 atom stereocenters. The number of piperidine rings is 1. The van der Waals surface area contributed by atoms with Crippen molar-refractivity contribution in [2.45, 2.75) is 64.1 Å². The molecular formula is C17H27N3O. The van der Waals surface area contributed by atoms with E-state index in [1.54, 1.807) is 0 Å². The average molecular weight is 289 g/mol. The summed E-state index contributed by atoms with van der Waals surface area (Å²) < 4.78 is 5.80. The Labute approximate surface area is 127 Å². The number of anilines is 1. The van der Waals surface area contributed by atoms with Gasteiger partial charge in [-0.3, -0.25) is 0 Å². The van der Waals surface area contributed by atoms with E-state index in [9.17, 15) is 0 Å². The van der Waals surface area contributed by atoms with Crippen molar-refractivity contribution in [3.8, 4) is 5.75 Å². The molecule has 0 spiro atoms. The molecule has 1 aromatic rings. The quantitative estimate of drug-likeness (QED) is 0.873. The van der Waals surface area contributed by atoms with Gasteiger partial charge in [0.05, 0.1) is 6.61 Å². The Morgan fingerprint density at radius 2 is 2.05 bits per heavy atom. The normalized spacial score (nSPS) is 27.6. The molecule has 2 bridgehead atoms. The standard InChI is InChI=1S/C17H27N3O/c1-3-10-20(15-11-13-7-8-14(12-15)19-13)17-16(21-4-2)6-5-9-18-17/h5-6,9,13-15,19H,3-4,7-8,10-12H2,1-2H3. The molecule has 2 unspecified atom stereocenters. The van der Waals surface area contributed by atoms with Crippen LogP contribution in [-0.4, -0.2) is 36.3 Å². The number of rotatable bonds is 6. The first-order valence-electron chi connectivity index (χ1n) is 8.42. The van der Waals surface area contributed by atoms with Gasteiger partial charge in [-0.1, -0.05) is 6.92 Å². The minimum atomic E-state index is 0.595. The van der Waals surface area contributed by atoms with Crippen LogP contribution in [0.4, 0.5) is 5.82 Å². The molecule has 3 rings (SSSR count). The summed E-state index contributed by atoms with van der Waals surface area (Å²) in [6, 6.07) is 6.01. The fourth-order valence-electron chi connectivity index (χ4n) is 3.85. The van der Waals surface area contributed by atoms with E-state index in [1.165, 1.54) is 25.7 Å². The molecule has 0 amide bonds. The Morgan fingerprint density at radius 1 is 1.29 bits per heavy atom. The van der Waals surface area contributed by atoms with E-state index in [0.717, 1.165) is 24.5 Å². The summed E-state index contributed by atoms with van der Waals surface area (Å²) in [5.74, 6) is 1.96. The van der Waals surface area contributed by atoms with Gasteiger partial charge in [0.15, 0.2) is 11.6 Å². The summed E-state index contributed by atoms with van der Waals surface area (Å²) in [6.07, 6.45) is 8.16. The maximum atomic E-state index is 5.80. The molecule has 2 aliphatic rings. The first-order chi connectivity index (χ1) is 10.3. The third-order valence-corrected chi connectivity index (χ3v) is 4.68. The molecule has 0 aliphatic carbocycles. The first-order valence-corrected chi connectivity index (χ1v) is 8.42. The van der Waals surface area contributed by atoms with Gasteiger partial charge in [0.1, 0.15) is 0 Å². The number of hydrogen-bond acceptors (Lipinski definition) is 4. The van der Waals surface area contributed by atoms with Crippen LogP contribution in [0.25, 0.3) is 0 Å². The van der Waals surface area contributed by atoms with Crippen molar-refractivity contribution in [1.29, 1.82) is 0 Å². The van der Waals surface area contributed by atoms with Crippen LogP contribution in [0.5, 0.6) is 5.75 Å². The van der Waals surface area contributed by atoms with E-state index in [-0.39, 0.29) is 0 Å². The number of aromatic nitrogens is 1. The van der Waals surface area contributed by atoms with Gasteiger partial charge in [-0.05, 0) is 51.2 Å². The summed E-state index contributed by atoms with van der Waals surface area (Å²) >= 11 is 0. The van der Waals surface area contributed by atoms with E-state index in [0.29, 0.717) is 24.7 Å². The Kier molecular flexibility index (Phi) is 4.63. The maximum Gasteiger partial charge on any atom is 0.171 e. The third kappa shape index (κ3) is 3.15. The van der Waals surface area contributed by atoms with Gasteiger partial charge in [-0.25, -0.2) is 4.98 Å². The van der Waals surface area contributed by atoms with E-state index in [4.69, 9.17) is 4.74 Å². The zero-order valence-electron chi connectivity index (χ0n) is 13.2. The van der Waals surface area contributed by atoms with Crippen molar-refractivity contribution < 1.29 is 4.74 Å². The fourth-order valence-corrected chi connectivity index (χ4v) is 3.85. The number of nitrogens with zero attached hydrogens (tertiary/aromatic N) is 2. The minimum absolute atomic E-state index is 0.595. The van der Waals surface area contributed by atoms with Crippen molar-refractivity contribution in [2.75, 3.05) is 18.1 Å². The van der Waals surface area contributed by atoms with Crippen molar-refractivity contribution in [2.24, 2.45) is 0 Å². The van der Waals surface area contributed by atoms with Crippen LogP contribution < -0.4 is 15.0 Å². The lowest BCUT2D eigenvalue weighted by atomic mass is 9.98. The van der Waals surface area contributed by atoms with Gasteiger partial charge in [-0.15, -0.1) is 0 Å². The zero-order valence-corrected chi connectivity index (χ0v) is 13.2. The van der Waals surface area contributed by atoms with Crippen molar-refractivity contribution in [3.05, 3.63) is 18.3 Å². The van der Waals surface area contributed by atoms with Crippen LogP contribution in [0.1, 0.15) is 46.0 Å². The predicted octanol–water partition coefficient (Wildman–Crippen LogP) is 2.98. The van der Waals surface area contributed by atoms with Gasteiger partial charge in [0.25, 0.3) is 0 Å². The molecule has 0 saturated carbocycles. The second kappa shape index (κ2) is 6.65. The number of ether oxygens (including phenoxy) is 1. The lowest BCUT2D eigenvalue weighted by Gasteiger charge is -2.39. The second-order valence-corrected chi connectivity index (χ2v) is 6.21. The molecule has 1 aromatic heterocycles. The molecule has 4 nitrogen and oxygen atoms in total. The van der Waals surface area contributed by atoms with Crippen molar-refractivity contribution >= 4 is 5.82 Å². The van der Waals surface area contributed by atoms with Crippen LogP contribution in [0, 0.1) is 0 Å². The number of fused-ring (bicyclic) bond motifs is 2. The second-order valence-electron chi connectivity index (χ2n) is 6.21. The average Bonchev–Trinajstić information content (AvgIpc) is 2.84. The fraction of sp³-hybridized carbons (Fsp3) is 0.706. The molecule has 0 radical (unpaired) electrons. The number of pyridine rings is 1. The zero-order chi connectivity index (χ0) is 14.7. The van der Waals surface area contributed by atoms with Crippen molar-refractivity contribution in [1.82, 2.24) is 10.3 Å². The lowest BCUT2D eigenvalue weighted by molar-refractivity contribution is 0.325. The summed E-state index contributed by atoms with van der Waals surface area (Å²) in [5, 5.41) is 3.73. The number of nitrogens with one attached hydrogen (secondary N) is 1. The minimum Gasteiger partial charge on any atom is -0.490 e. The summed E-state index contributed by atoms with van der Waals surface area (Å²) in [6.45, 7) is 6.02. The van der Waals surface area contributed by atoms with E-state index >= 15 is 0 Å². The lowest BCUT2D eigenvalue weighted by Crippen LogP contribution is -2.49. The Hall–Kier alpha value is -1.29. The first kappa shape index (κ1) is 14.6. The molecule has 2 saturated heterocycles. The highest BCUT2D eigenvalue weighted by molar-refractivity contribution is 5.53. The molecule has 21 heavy (non-hydrogen) atoms. The van der Waals surface area contributed by atoms with E-state index in [2.05, 4.69) is 22.1 Å². The number of hydrogen-bond donors (Lipinski definition) is 1. The van der Waals surface area contributed by atoms with E-state index in [1.807, 2.05) is 25.3 Å². The molecular weight excluding hydrogens is 262 g/mol. The summed E-state index contributed by atoms with van der Waals surface area (Å²) in [4.78, 5) is 7.14. The van der Waals surface area contributed by atoms with Crippen LogP contribution in [0.15, 0.2) is 18.3 Å². The van der Waals surface area contributed by atoms with Gasteiger partial charge in [0.2, 0.25) is 0 Å². The Balaban J connectivity index is 1.84. The molecule has 1 N–H and O–H groups in total. The highest BCUT2D eigenvalue weighted by Gasteiger charge is 2.36. The highest BCUT2D eigenvalue weighted by atomic mass is 16.5. The smallest absolute Gasteiger partial charge is 0.171 e. The van der Waals surface area contributed by atoms with Crippen LogP contribution in [0.3, 0.4) is 0 Å².